The van der Waals surface area contributed by atoms with E-state index in [1.807, 2.05) is 12.1 Å². The Morgan fingerprint density at radius 2 is 1.84 bits per heavy atom. The van der Waals surface area contributed by atoms with Gasteiger partial charge in [0.25, 0.3) is 0 Å². The Kier molecular flexibility index (Phi) is 7.30. The number of rotatable bonds is 8. The first-order valence-electron chi connectivity index (χ1n) is 10.8. The lowest BCUT2D eigenvalue weighted by Gasteiger charge is -2.26. The van der Waals surface area contributed by atoms with E-state index < -0.39 is 10.0 Å². The topological polar surface area (TPSA) is 77.3 Å². The molecule has 0 amide bonds. The van der Waals surface area contributed by atoms with Gasteiger partial charge in [0.2, 0.25) is 10.0 Å². The summed E-state index contributed by atoms with van der Waals surface area (Å²) in [5.41, 5.74) is 3.17. The highest BCUT2D eigenvalue weighted by molar-refractivity contribution is 7.98. The lowest BCUT2D eigenvalue weighted by Crippen LogP contribution is -2.40. The van der Waals surface area contributed by atoms with E-state index in [0.29, 0.717) is 37.0 Å². The van der Waals surface area contributed by atoms with Gasteiger partial charge in [0, 0.05) is 31.0 Å². The van der Waals surface area contributed by atoms with Gasteiger partial charge in [0.05, 0.1) is 18.1 Å². The Bertz CT molecular complexity index is 1170. The van der Waals surface area contributed by atoms with Gasteiger partial charge in [-0.05, 0) is 37.1 Å². The van der Waals surface area contributed by atoms with Crippen molar-refractivity contribution >= 4 is 21.8 Å². The van der Waals surface area contributed by atoms with Crippen LogP contribution in [0.1, 0.15) is 24.5 Å². The van der Waals surface area contributed by atoms with Gasteiger partial charge in [0.15, 0.2) is 11.0 Å². The molecule has 1 fully saturated rings. The maximum atomic E-state index is 13.0. The van der Waals surface area contributed by atoms with Crippen molar-refractivity contribution in [2.45, 2.75) is 42.6 Å². The van der Waals surface area contributed by atoms with E-state index in [0.717, 1.165) is 35.1 Å². The molecule has 9 heteroatoms. The summed E-state index contributed by atoms with van der Waals surface area (Å²) >= 11 is 1.58. The fourth-order valence-electron chi connectivity index (χ4n) is 3.70. The number of morpholine rings is 1. The minimum atomic E-state index is -3.51. The molecule has 4 rings (SSSR count). The summed E-state index contributed by atoms with van der Waals surface area (Å²) < 4.78 is 34.9. The third-order valence-corrected chi connectivity index (χ3v) is 8.25. The van der Waals surface area contributed by atoms with Crippen molar-refractivity contribution in [1.82, 2.24) is 19.1 Å². The molecule has 3 aromatic rings. The molecule has 1 aromatic heterocycles. The molecule has 32 heavy (non-hydrogen) atoms. The SMILES string of the molecule is CCCn1c(SCc2cccc(S(=O)(=O)N3CCOCC3)c2)nnc1-c1cccc(C)c1. The number of hydrogen-bond donors (Lipinski definition) is 0. The van der Waals surface area contributed by atoms with Gasteiger partial charge in [-0.1, -0.05) is 54.6 Å². The van der Waals surface area contributed by atoms with Gasteiger partial charge in [-0.25, -0.2) is 8.42 Å². The van der Waals surface area contributed by atoms with Crippen LogP contribution in [0.2, 0.25) is 0 Å². The Labute approximate surface area is 193 Å². The van der Waals surface area contributed by atoms with Gasteiger partial charge < -0.3 is 9.30 Å². The van der Waals surface area contributed by atoms with Crippen LogP contribution in [0.5, 0.6) is 0 Å². The van der Waals surface area contributed by atoms with E-state index >= 15 is 0 Å². The Hall–Kier alpha value is -2.20. The molecule has 2 aromatic carbocycles. The summed E-state index contributed by atoms with van der Waals surface area (Å²) in [5, 5.41) is 9.73. The third kappa shape index (κ3) is 5.06. The Balaban J connectivity index is 1.53. The van der Waals surface area contributed by atoms with E-state index in [2.05, 4.69) is 46.8 Å². The van der Waals surface area contributed by atoms with Crippen molar-refractivity contribution < 1.29 is 13.2 Å². The lowest BCUT2D eigenvalue weighted by molar-refractivity contribution is 0.0730. The summed E-state index contributed by atoms with van der Waals surface area (Å²) in [6.45, 7) is 6.68. The normalized spacial score (nSPS) is 15.2. The maximum absolute atomic E-state index is 13.0. The fraction of sp³-hybridized carbons (Fsp3) is 0.391. The summed E-state index contributed by atoms with van der Waals surface area (Å²) in [4.78, 5) is 0.327. The summed E-state index contributed by atoms with van der Waals surface area (Å²) in [6.07, 6.45) is 0.970. The first kappa shape index (κ1) is 23.0. The van der Waals surface area contributed by atoms with Gasteiger partial charge in [0.1, 0.15) is 0 Å². The molecule has 0 radical (unpaired) electrons. The Morgan fingerprint density at radius 3 is 2.59 bits per heavy atom. The van der Waals surface area contributed by atoms with Crippen molar-refractivity contribution in [2.75, 3.05) is 26.3 Å². The van der Waals surface area contributed by atoms with Crippen LogP contribution in [0.15, 0.2) is 58.6 Å². The number of ether oxygens (including phenoxy) is 1. The molecule has 7 nitrogen and oxygen atoms in total. The molecule has 0 bridgehead atoms. The van der Waals surface area contributed by atoms with Crippen molar-refractivity contribution in [2.24, 2.45) is 0 Å². The maximum Gasteiger partial charge on any atom is 0.243 e. The highest BCUT2D eigenvalue weighted by Gasteiger charge is 2.26. The molecule has 2 heterocycles. The number of sulfonamides is 1. The van der Waals surface area contributed by atoms with Crippen LogP contribution in [-0.2, 0) is 27.1 Å². The van der Waals surface area contributed by atoms with E-state index in [4.69, 9.17) is 4.74 Å². The second-order valence-electron chi connectivity index (χ2n) is 7.78. The molecule has 0 atom stereocenters. The molecular weight excluding hydrogens is 444 g/mol. The standard InChI is InChI=1S/C23H28N4O3S2/c1-3-10-27-22(20-8-4-6-18(2)15-20)24-25-23(27)31-17-19-7-5-9-21(16-19)32(28,29)26-11-13-30-14-12-26/h4-9,15-16H,3,10-14,17H2,1-2H3. The second kappa shape index (κ2) is 10.2. The molecule has 0 aliphatic carbocycles. The van der Waals surface area contributed by atoms with Crippen LogP contribution in [0, 0.1) is 6.92 Å². The van der Waals surface area contributed by atoms with Crippen LogP contribution < -0.4 is 0 Å². The second-order valence-corrected chi connectivity index (χ2v) is 10.7. The molecule has 1 aliphatic rings. The third-order valence-electron chi connectivity index (χ3n) is 5.31. The molecule has 170 valence electrons. The van der Waals surface area contributed by atoms with E-state index in [1.165, 1.54) is 9.87 Å². The average molecular weight is 473 g/mol. The van der Waals surface area contributed by atoms with Crippen LogP contribution in [0.25, 0.3) is 11.4 Å². The first-order chi connectivity index (χ1) is 15.5. The lowest BCUT2D eigenvalue weighted by atomic mass is 10.1. The number of nitrogens with zero attached hydrogens (tertiary/aromatic N) is 4. The predicted molar refractivity (Wildman–Crippen MR) is 126 cm³/mol. The molecule has 0 N–H and O–H groups in total. The molecule has 1 aliphatic heterocycles. The van der Waals surface area contributed by atoms with Gasteiger partial charge in [-0.15, -0.1) is 10.2 Å². The van der Waals surface area contributed by atoms with E-state index in [9.17, 15) is 8.42 Å². The van der Waals surface area contributed by atoms with Crippen molar-refractivity contribution in [3.05, 3.63) is 59.7 Å². The number of thioether (sulfide) groups is 1. The predicted octanol–water partition coefficient (Wildman–Crippen LogP) is 3.98. The quantitative estimate of drug-likeness (QED) is 0.462. The zero-order chi connectivity index (χ0) is 22.6. The summed E-state index contributed by atoms with van der Waals surface area (Å²) in [7, 11) is -3.51. The van der Waals surface area contributed by atoms with E-state index in [-0.39, 0.29) is 0 Å². The van der Waals surface area contributed by atoms with Gasteiger partial charge >= 0.3 is 0 Å². The number of benzene rings is 2. The number of aryl methyl sites for hydroxylation is 1. The minimum absolute atomic E-state index is 0.327. The highest BCUT2D eigenvalue weighted by Crippen LogP contribution is 2.28. The zero-order valence-corrected chi connectivity index (χ0v) is 20.0. The van der Waals surface area contributed by atoms with Gasteiger partial charge in [-0.3, -0.25) is 0 Å². The number of hydrogen-bond acceptors (Lipinski definition) is 6. The largest absolute Gasteiger partial charge is 0.379 e. The van der Waals surface area contributed by atoms with Crippen LogP contribution in [-0.4, -0.2) is 53.8 Å². The summed E-state index contributed by atoms with van der Waals surface area (Å²) in [6, 6.07) is 15.4. The van der Waals surface area contributed by atoms with Gasteiger partial charge in [-0.2, -0.15) is 4.31 Å². The van der Waals surface area contributed by atoms with E-state index in [1.54, 1.807) is 30.0 Å². The van der Waals surface area contributed by atoms with Crippen LogP contribution >= 0.6 is 11.8 Å². The van der Waals surface area contributed by atoms with Crippen molar-refractivity contribution in [3.63, 3.8) is 0 Å². The van der Waals surface area contributed by atoms with Crippen LogP contribution in [0.4, 0.5) is 0 Å². The average Bonchev–Trinajstić information content (AvgIpc) is 3.21. The zero-order valence-electron chi connectivity index (χ0n) is 18.4. The molecular formula is C23H28N4O3S2. The first-order valence-corrected chi connectivity index (χ1v) is 13.2. The molecule has 1 saturated heterocycles. The fourth-order valence-corrected chi connectivity index (χ4v) is 6.08. The van der Waals surface area contributed by atoms with Crippen molar-refractivity contribution in [3.8, 4) is 11.4 Å². The summed E-state index contributed by atoms with van der Waals surface area (Å²) in [5.74, 6) is 1.48. The van der Waals surface area contributed by atoms with Crippen molar-refractivity contribution in [1.29, 1.82) is 0 Å². The smallest absolute Gasteiger partial charge is 0.243 e. The highest BCUT2D eigenvalue weighted by atomic mass is 32.2. The molecule has 0 saturated carbocycles. The number of aromatic nitrogens is 3. The molecule has 0 spiro atoms. The minimum Gasteiger partial charge on any atom is -0.379 e. The van der Waals surface area contributed by atoms with Crippen LogP contribution in [0.3, 0.4) is 0 Å². The monoisotopic (exact) mass is 472 g/mol. The Morgan fingerprint density at radius 1 is 1.06 bits per heavy atom. The molecule has 0 unspecified atom stereocenters.